The summed E-state index contributed by atoms with van der Waals surface area (Å²) in [5.74, 6) is -0.630. The number of thiophene rings is 1. The number of halogens is 4. The van der Waals surface area contributed by atoms with Crippen LogP contribution in [0.5, 0.6) is 0 Å². The Morgan fingerprint density at radius 3 is 2.43 bits per heavy atom. The molecule has 14 heavy (non-hydrogen) atoms. The van der Waals surface area contributed by atoms with Gasteiger partial charge in [-0.1, -0.05) is 0 Å². The summed E-state index contributed by atoms with van der Waals surface area (Å²) in [5.41, 5.74) is -0.213. The molecule has 7 heteroatoms. The zero-order valence-corrected chi connectivity index (χ0v) is 10.8. The van der Waals surface area contributed by atoms with Crippen LogP contribution in [0.1, 0.15) is 21.7 Å². The third-order valence-electron chi connectivity index (χ3n) is 1.43. The lowest BCUT2D eigenvalue weighted by molar-refractivity contribution is 0.0605. The van der Waals surface area contributed by atoms with Gasteiger partial charge in [-0.3, -0.25) is 0 Å². The highest BCUT2D eigenvalue weighted by Gasteiger charge is 2.25. The third-order valence-corrected chi connectivity index (χ3v) is 4.40. The SMILES string of the molecule is COC(=O)c1sc(Br)c(C(F)F)c1Br. The number of alkyl halides is 2. The van der Waals surface area contributed by atoms with Gasteiger partial charge in [0.15, 0.2) is 0 Å². The lowest BCUT2D eigenvalue weighted by atomic mass is 10.3. The van der Waals surface area contributed by atoms with Crippen LogP contribution in [-0.4, -0.2) is 13.1 Å². The van der Waals surface area contributed by atoms with Crippen LogP contribution < -0.4 is 0 Å². The highest BCUT2D eigenvalue weighted by atomic mass is 79.9. The van der Waals surface area contributed by atoms with Gasteiger partial charge in [0.2, 0.25) is 0 Å². The van der Waals surface area contributed by atoms with E-state index in [1.807, 2.05) is 0 Å². The number of hydrogen-bond donors (Lipinski definition) is 0. The van der Waals surface area contributed by atoms with Gasteiger partial charge >= 0.3 is 5.97 Å². The van der Waals surface area contributed by atoms with Gasteiger partial charge < -0.3 is 4.74 Å². The van der Waals surface area contributed by atoms with E-state index in [0.717, 1.165) is 11.3 Å². The highest BCUT2D eigenvalue weighted by Crippen LogP contribution is 2.42. The normalized spacial score (nSPS) is 10.7. The standard InChI is InChI=1S/C7H4Br2F2O2S/c1-13-7(12)4-3(8)2(6(10)11)5(9)14-4/h6H,1H3. The first-order chi connectivity index (χ1) is 6.49. The Morgan fingerprint density at radius 2 is 2.07 bits per heavy atom. The second-order valence-corrected chi connectivity index (χ2v) is 5.36. The maximum absolute atomic E-state index is 12.5. The van der Waals surface area contributed by atoms with Crippen LogP contribution in [0.25, 0.3) is 0 Å². The van der Waals surface area contributed by atoms with Gasteiger partial charge in [-0.05, 0) is 31.9 Å². The van der Waals surface area contributed by atoms with Gasteiger partial charge in [0.1, 0.15) is 4.88 Å². The molecule has 0 atom stereocenters. The lowest BCUT2D eigenvalue weighted by Gasteiger charge is -1.98. The van der Waals surface area contributed by atoms with Crippen LogP contribution in [0.4, 0.5) is 8.78 Å². The van der Waals surface area contributed by atoms with Crippen molar-refractivity contribution in [1.29, 1.82) is 0 Å². The fraction of sp³-hybridized carbons (Fsp3) is 0.286. The molecule has 0 saturated carbocycles. The van der Waals surface area contributed by atoms with E-state index in [2.05, 4.69) is 36.6 Å². The number of hydrogen-bond acceptors (Lipinski definition) is 3. The van der Waals surface area contributed by atoms with Crippen LogP contribution in [-0.2, 0) is 4.74 Å². The number of ether oxygens (including phenoxy) is 1. The first kappa shape index (κ1) is 12.1. The predicted molar refractivity (Wildman–Crippen MR) is 56.0 cm³/mol. The van der Waals surface area contributed by atoms with Crippen molar-refractivity contribution in [2.24, 2.45) is 0 Å². The predicted octanol–water partition coefficient (Wildman–Crippen LogP) is 4.00. The molecule has 0 N–H and O–H groups in total. The lowest BCUT2D eigenvalue weighted by Crippen LogP contribution is -1.99. The largest absolute Gasteiger partial charge is 0.465 e. The van der Waals surface area contributed by atoms with E-state index < -0.39 is 12.4 Å². The Bertz CT molecular complexity index is 365. The topological polar surface area (TPSA) is 26.3 Å². The number of esters is 1. The molecule has 0 saturated heterocycles. The number of carbonyl (C=O) groups is 1. The number of carbonyl (C=O) groups excluding carboxylic acids is 1. The first-order valence-electron chi connectivity index (χ1n) is 3.33. The molecule has 0 fully saturated rings. The van der Waals surface area contributed by atoms with Gasteiger partial charge in [-0.2, -0.15) is 0 Å². The first-order valence-corrected chi connectivity index (χ1v) is 5.73. The van der Waals surface area contributed by atoms with Crippen molar-refractivity contribution in [2.75, 3.05) is 7.11 Å². The van der Waals surface area contributed by atoms with Crippen molar-refractivity contribution in [1.82, 2.24) is 0 Å². The minimum Gasteiger partial charge on any atom is -0.465 e. The zero-order chi connectivity index (χ0) is 10.9. The van der Waals surface area contributed by atoms with E-state index in [4.69, 9.17) is 0 Å². The summed E-state index contributed by atoms with van der Waals surface area (Å²) >= 11 is 6.83. The van der Waals surface area contributed by atoms with Crippen LogP contribution in [0.2, 0.25) is 0 Å². The summed E-state index contributed by atoms with van der Waals surface area (Å²) in [6.07, 6.45) is -2.63. The molecule has 0 aliphatic carbocycles. The van der Waals surface area contributed by atoms with E-state index in [1.165, 1.54) is 7.11 Å². The number of methoxy groups -OCH3 is 1. The minimum absolute atomic E-state index is 0.0937. The van der Waals surface area contributed by atoms with Gasteiger partial charge in [-0.25, -0.2) is 13.6 Å². The molecule has 78 valence electrons. The van der Waals surface area contributed by atoms with Crippen molar-refractivity contribution >= 4 is 49.2 Å². The van der Waals surface area contributed by atoms with E-state index >= 15 is 0 Å². The average Bonchev–Trinajstić information content (AvgIpc) is 2.40. The molecule has 1 aromatic rings. The highest BCUT2D eigenvalue weighted by molar-refractivity contribution is 9.11. The van der Waals surface area contributed by atoms with Crippen molar-refractivity contribution < 1.29 is 18.3 Å². The summed E-state index contributed by atoms with van der Waals surface area (Å²) < 4.78 is 29.7. The fourth-order valence-electron chi connectivity index (χ4n) is 0.804. The van der Waals surface area contributed by atoms with E-state index in [9.17, 15) is 13.6 Å². The minimum atomic E-state index is -2.63. The fourth-order valence-corrected chi connectivity index (χ4v) is 3.68. The molecule has 0 unspecified atom stereocenters. The summed E-state index contributed by atoms with van der Waals surface area (Å²) in [5, 5.41) is 0. The molecule has 0 bridgehead atoms. The smallest absolute Gasteiger partial charge is 0.349 e. The summed E-state index contributed by atoms with van der Waals surface area (Å²) in [6.45, 7) is 0. The molecular weight excluding hydrogens is 346 g/mol. The van der Waals surface area contributed by atoms with Gasteiger partial charge in [0, 0.05) is 0 Å². The molecule has 0 aliphatic rings. The molecule has 1 aromatic heterocycles. The maximum atomic E-state index is 12.5. The Balaban J connectivity index is 3.23. The van der Waals surface area contributed by atoms with E-state index in [-0.39, 0.29) is 18.7 Å². The molecule has 0 radical (unpaired) electrons. The van der Waals surface area contributed by atoms with Crippen LogP contribution in [0.15, 0.2) is 8.26 Å². The Morgan fingerprint density at radius 1 is 1.50 bits per heavy atom. The van der Waals surface area contributed by atoms with Gasteiger partial charge in [0.25, 0.3) is 6.43 Å². The molecule has 0 spiro atoms. The van der Waals surface area contributed by atoms with Crippen LogP contribution in [0.3, 0.4) is 0 Å². The number of rotatable bonds is 2. The average molecular weight is 350 g/mol. The molecule has 0 aliphatic heterocycles. The summed E-state index contributed by atoms with van der Waals surface area (Å²) in [6, 6.07) is 0. The third kappa shape index (κ3) is 2.14. The summed E-state index contributed by atoms with van der Waals surface area (Å²) in [4.78, 5) is 11.2. The van der Waals surface area contributed by atoms with Crippen molar-refractivity contribution in [3.63, 3.8) is 0 Å². The van der Waals surface area contributed by atoms with Crippen molar-refractivity contribution in [3.8, 4) is 0 Å². The molecule has 0 aromatic carbocycles. The van der Waals surface area contributed by atoms with Crippen molar-refractivity contribution in [3.05, 3.63) is 18.7 Å². The zero-order valence-electron chi connectivity index (χ0n) is 6.81. The monoisotopic (exact) mass is 348 g/mol. The molecule has 1 rings (SSSR count). The maximum Gasteiger partial charge on any atom is 0.349 e. The molecule has 2 nitrogen and oxygen atoms in total. The Hall–Kier alpha value is -0.0100. The quantitative estimate of drug-likeness (QED) is 0.754. The Kier molecular flexibility index (Phi) is 4.03. The molecular formula is C7H4Br2F2O2S. The van der Waals surface area contributed by atoms with Crippen molar-refractivity contribution in [2.45, 2.75) is 6.43 Å². The van der Waals surface area contributed by atoms with Crippen LogP contribution >= 0.6 is 43.2 Å². The molecule has 0 amide bonds. The van der Waals surface area contributed by atoms with Crippen LogP contribution in [0, 0.1) is 0 Å². The van der Waals surface area contributed by atoms with E-state index in [0.29, 0.717) is 0 Å². The van der Waals surface area contributed by atoms with Gasteiger partial charge in [-0.15, -0.1) is 11.3 Å². The summed E-state index contributed by atoms with van der Waals surface area (Å²) in [7, 11) is 1.20. The second-order valence-electron chi connectivity index (χ2n) is 2.22. The van der Waals surface area contributed by atoms with E-state index in [1.54, 1.807) is 0 Å². The Labute approximate surface area is 99.5 Å². The molecule has 1 heterocycles. The van der Waals surface area contributed by atoms with Gasteiger partial charge in [0.05, 0.1) is 20.9 Å². The second kappa shape index (κ2) is 4.67.